The van der Waals surface area contributed by atoms with Crippen LogP contribution in [0.4, 0.5) is 4.39 Å². The Kier molecular flexibility index (Phi) is 5.72. The zero-order valence-corrected chi connectivity index (χ0v) is 14.4. The van der Waals surface area contributed by atoms with Gasteiger partial charge in [-0.15, -0.1) is 12.4 Å². The molecule has 1 saturated carbocycles. The van der Waals surface area contributed by atoms with Crippen LogP contribution in [0, 0.1) is 5.82 Å². The third kappa shape index (κ3) is 3.92. The standard InChI is InChI=1S/C14H18ClFN2O2S.ClH/c15-13-7-10(1-4-14(13)16)9-21(19,20)18(11-2-3-11)12-5-6-17-8-12;/h1,4,7,11-12,17H,2-3,5-6,8-9H2;1H. The van der Waals surface area contributed by atoms with E-state index in [4.69, 9.17) is 11.6 Å². The molecule has 2 fully saturated rings. The highest BCUT2D eigenvalue weighted by Gasteiger charge is 2.42. The fourth-order valence-electron chi connectivity index (χ4n) is 2.85. The lowest BCUT2D eigenvalue weighted by molar-refractivity contribution is 0.326. The van der Waals surface area contributed by atoms with Gasteiger partial charge in [-0.05, 0) is 43.5 Å². The van der Waals surface area contributed by atoms with Crippen molar-refractivity contribution in [2.75, 3.05) is 13.1 Å². The average molecular weight is 369 g/mol. The highest BCUT2D eigenvalue weighted by Crippen LogP contribution is 2.34. The van der Waals surface area contributed by atoms with Crippen molar-refractivity contribution < 1.29 is 12.8 Å². The van der Waals surface area contributed by atoms with Gasteiger partial charge in [0.2, 0.25) is 10.0 Å². The van der Waals surface area contributed by atoms with Crippen LogP contribution in [0.25, 0.3) is 0 Å². The molecule has 1 N–H and O–H groups in total. The number of hydrogen-bond acceptors (Lipinski definition) is 3. The number of hydrogen-bond donors (Lipinski definition) is 1. The summed E-state index contributed by atoms with van der Waals surface area (Å²) >= 11 is 5.73. The molecule has 1 aromatic rings. The first kappa shape index (κ1) is 17.9. The van der Waals surface area contributed by atoms with Crippen molar-refractivity contribution in [1.29, 1.82) is 0 Å². The quantitative estimate of drug-likeness (QED) is 0.868. The SMILES string of the molecule is Cl.O=S(=O)(Cc1ccc(F)c(Cl)c1)N(C1CC1)C1CCNC1. The molecule has 124 valence electrons. The van der Waals surface area contributed by atoms with Gasteiger partial charge in [-0.3, -0.25) is 0 Å². The Morgan fingerprint density at radius 1 is 1.27 bits per heavy atom. The van der Waals surface area contributed by atoms with E-state index in [0.29, 0.717) is 12.1 Å². The molecule has 8 heteroatoms. The lowest BCUT2D eigenvalue weighted by Gasteiger charge is -2.27. The molecule has 1 aliphatic carbocycles. The molecule has 0 radical (unpaired) electrons. The van der Waals surface area contributed by atoms with Gasteiger partial charge in [0.1, 0.15) is 5.82 Å². The molecule has 1 aromatic carbocycles. The Hall–Kier alpha value is -0.400. The number of halogens is 3. The topological polar surface area (TPSA) is 49.4 Å². The summed E-state index contributed by atoms with van der Waals surface area (Å²) in [5.74, 6) is -0.656. The summed E-state index contributed by atoms with van der Waals surface area (Å²) in [6, 6.07) is 4.27. The maximum Gasteiger partial charge on any atom is 0.218 e. The summed E-state index contributed by atoms with van der Waals surface area (Å²) in [6.07, 6.45) is 2.71. The average Bonchev–Trinajstić information content (AvgIpc) is 3.08. The second kappa shape index (κ2) is 7.01. The Labute approximate surface area is 141 Å². The van der Waals surface area contributed by atoms with Crippen LogP contribution in [0.15, 0.2) is 18.2 Å². The van der Waals surface area contributed by atoms with Crippen LogP contribution >= 0.6 is 24.0 Å². The van der Waals surface area contributed by atoms with Crippen LogP contribution in [-0.4, -0.2) is 37.9 Å². The maximum absolute atomic E-state index is 13.2. The van der Waals surface area contributed by atoms with E-state index in [1.807, 2.05) is 0 Å². The molecule has 0 spiro atoms. The van der Waals surface area contributed by atoms with E-state index in [9.17, 15) is 12.8 Å². The summed E-state index contributed by atoms with van der Waals surface area (Å²) in [6.45, 7) is 1.56. The van der Waals surface area contributed by atoms with Crippen molar-refractivity contribution >= 4 is 34.0 Å². The molecular weight excluding hydrogens is 350 g/mol. The van der Waals surface area contributed by atoms with E-state index >= 15 is 0 Å². The van der Waals surface area contributed by atoms with Gasteiger partial charge >= 0.3 is 0 Å². The number of sulfonamides is 1. The van der Waals surface area contributed by atoms with Crippen molar-refractivity contribution in [2.45, 2.75) is 37.1 Å². The Morgan fingerprint density at radius 2 is 2.00 bits per heavy atom. The summed E-state index contributed by atoms with van der Waals surface area (Å²) in [5.41, 5.74) is 0.526. The minimum absolute atomic E-state index is 0. The number of rotatable bonds is 5. The molecule has 1 saturated heterocycles. The van der Waals surface area contributed by atoms with Crippen LogP contribution in [0.3, 0.4) is 0 Å². The van der Waals surface area contributed by atoms with Gasteiger partial charge in [-0.1, -0.05) is 17.7 Å². The van der Waals surface area contributed by atoms with Gasteiger partial charge < -0.3 is 5.32 Å². The second-order valence-electron chi connectivity index (χ2n) is 5.71. The van der Waals surface area contributed by atoms with E-state index < -0.39 is 15.8 Å². The first-order valence-corrected chi connectivity index (χ1v) is 9.12. The van der Waals surface area contributed by atoms with Gasteiger partial charge in [0.25, 0.3) is 0 Å². The molecule has 0 aromatic heterocycles. The van der Waals surface area contributed by atoms with Gasteiger partial charge in [-0.25, -0.2) is 12.8 Å². The molecule has 2 aliphatic rings. The fraction of sp³-hybridized carbons (Fsp3) is 0.571. The summed E-state index contributed by atoms with van der Waals surface area (Å²) in [4.78, 5) is 0. The van der Waals surface area contributed by atoms with Crippen molar-refractivity contribution in [3.8, 4) is 0 Å². The Bertz CT molecular complexity index is 632. The monoisotopic (exact) mass is 368 g/mol. The lowest BCUT2D eigenvalue weighted by atomic mass is 10.2. The molecule has 1 atom stereocenters. The van der Waals surface area contributed by atoms with Crippen LogP contribution in [0.5, 0.6) is 0 Å². The van der Waals surface area contributed by atoms with E-state index in [2.05, 4.69) is 5.32 Å². The van der Waals surface area contributed by atoms with Crippen LogP contribution in [0.2, 0.25) is 5.02 Å². The van der Waals surface area contributed by atoms with Gasteiger partial charge in [0.05, 0.1) is 10.8 Å². The Morgan fingerprint density at radius 3 is 2.55 bits per heavy atom. The van der Waals surface area contributed by atoms with Crippen molar-refractivity contribution in [3.05, 3.63) is 34.6 Å². The van der Waals surface area contributed by atoms with Crippen LogP contribution in [0.1, 0.15) is 24.8 Å². The van der Waals surface area contributed by atoms with Gasteiger partial charge in [-0.2, -0.15) is 4.31 Å². The lowest BCUT2D eigenvalue weighted by Crippen LogP contribution is -2.43. The summed E-state index contributed by atoms with van der Waals surface area (Å²) in [7, 11) is -3.41. The number of nitrogens with zero attached hydrogens (tertiary/aromatic N) is 1. The highest BCUT2D eigenvalue weighted by atomic mass is 35.5. The van der Waals surface area contributed by atoms with E-state index in [1.165, 1.54) is 18.2 Å². The largest absolute Gasteiger partial charge is 0.315 e. The zero-order valence-electron chi connectivity index (χ0n) is 12.0. The van der Waals surface area contributed by atoms with Gasteiger partial charge in [0.15, 0.2) is 0 Å². The third-order valence-electron chi connectivity index (χ3n) is 3.96. The molecule has 0 amide bonds. The van der Waals surface area contributed by atoms with Crippen molar-refractivity contribution in [2.24, 2.45) is 0 Å². The molecule has 1 heterocycles. The Balaban J connectivity index is 0.00000176. The van der Waals surface area contributed by atoms with Gasteiger partial charge in [0, 0.05) is 18.6 Å². The molecule has 0 bridgehead atoms. The van der Waals surface area contributed by atoms with Crippen LogP contribution < -0.4 is 5.32 Å². The predicted octanol–water partition coefficient (Wildman–Crippen LogP) is 2.56. The first-order chi connectivity index (χ1) is 9.97. The molecule has 1 aliphatic heterocycles. The predicted molar refractivity (Wildman–Crippen MR) is 87.4 cm³/mol. The minimum Gasteiger partial charge on any atom is -0.315 e. The molecule has 4 nitrogen and oxygen atoms in total. The molecule has 3 rings (SSSR count). The molecule has 1 unspecified atom stereocenters. The second-order valence-corrected chi connectivity index (χ2v) is 7.99. The normalized spacial score (nSPS) is 21.9. The third-order valence-corrected chi connectivity index (χ3v) is 6.18. The number of nitrogens with one attached hydrogen (secondary N) is 1. The first-order valence-electron chi connectivity index (χ1n) is 7.13. The van der Waals surface area contributed by atoms with E-state index in [0.717, 1.165) is 25.8 Å². The molecule has 22 heavy (non-hydrogen) atoms. The number of benzene rings is 1. The summed E-state index contributed by atoms with van der Waals surface area (Å²) in [5, 5.41) is 3.17. The maximum atomic E-state index is 13.2. The highest BCUT2D eigenvalue weighted by molar-refractivity contribution is 7.88. The van der Waals surface area contributed by atoms with Crippen LogP contribution in [-0.2, 0) is 15.8 Å². The van der Waals surface area contributed by atoms with Crippen molar-refractivity contribution in [3.63, 3.8) is 0 Å². The smallest absolute Gasteiger partial charge is 0.218 e. The zero-order chi connectivity index (χ0) is 15.0. The van der Waals surface area contributed by atoms with Crippen molar-refractivity contribution in [1.82, 2.24) is 9.62 Å². The molecular formula is C14H19Cl2FN2O2S. The van der Waals surface area contributed by atoms with E-state index in [-0.39, 0.29) is 35.3 Å². The minimum atomic E-state index is -3.41. The van der Waals surface area contributed by atoms with E-state index in [1.54, 1.807) is 4.31 Å². The fourth-order valence-corrected chi connectivity index (χ4v) is 5.10. The summed E-state index contributed by atoms with van der Waals surface area (Å²) < 4.78 is 40.3.